The monoisotopic (exact) mass is 303 g/mol. The van der Waals surface area contributed by atoms with Crippen molar-refractivity contribution in [2.75, 3.05) is 7.11 Å². The minimum atomic E-state index is -0.722. The van der Waals surface area contributed by atoms with E-state index < -0.39 is 22.3 Å². The third-order valence-electron chi connectivity index (χ3n) is 2.90. The summed E-state index contributed by atoms with van der Waals surface area (Å²) >= 11 is 0. The number of phenolic OH excluding ortho intramolecular Hbond substituents is 1. The highest BCUT2D eigenvalue weighted by molar-refractivity contribution is 5.95. The molecule has 0 aliphatic heterocycles. The number of carbonyl (C=O) groups is 1. The first-order valence-electron chi connectivity index (χ1n) is 6.26. The Morgan fingerprint density at radius 1 is 1.41 bits per heavy atom. The van der Waals surface area contributed by atoms with E-state index in [9.17, 15) is 20.0 Å². The minimum Gasteiger partial charge on any atom is -0.502 e. The van der Waals surface area contributed by atoms with Crippen molar-refractivity contribution in [2.24, 2.45) is 0 Å². The molecule has 0 radical (unpaired) electrons. The van der Waals surface area contributed by atoms with Crippen LogP contribution in [0.15, 0.2) is 36.5 Å². The third-order valence-corrected chi connectivity index (χ3v) is 2.90. The van der Waals surface area contributed by atoms with Gasteiger partial charge in [-0.25, -0.2) is 4.98 Å². The Morgan fingerprint density at radius 3 is 2.82 bits per heavy atom. The minimum absolute atomic E-state index is 0.129. The first-order valence-corrected chi connectivity index (χ1v) is 6.26. The fraction of sp³-hybridized carbons (Fsp3) is 0.143. The van der Waals surface area contributed by atoms with Gasteiger partial charge in [0, 0.05) is 30.4 Å². The summed E-state index contributed by atoms with van der Waals surface area (Å²) in [5.74, 6) is -0.580. The number of nitro groups is 1. The molecule has 0 fully saturated rings. The summed E-state index contributed by atoms with van der Waals surface area (Å²) in [5, 5.41) is 22.8. The van der Waals surface area contributed by atoms with Gasteiger partial charge in [-0.3, -0.25) is 14.9 Å². The molecule has 2 N–H and O–H groups in total. The summed E-state index contributed by atoms with van der Waals surface area (Å²) in [5.41, 5.74) is 0.464. The van der Waals surface area contributed by atoms with Gasteiger partial charge < -0.3 is 15.2 Å². The Morgan fingerprint density at radius 2 is 2.18 bits per heavy atom. The van der Waals surface area contributed by atoms with Crippen molar-refractivity contribution in [2.45, 2.75) is 6.54 Å². The van der Waals surface area contributed by atoms with E-state index in [-0.39, 0.29) is 12.1 Å². The zero-order valence-corrected chi connectivity index (χ0v) is 11.6. The fourth-order valence-electron chi connectivity index (χ4n) is 1.78. The predicted molar refractivity (Wildman–Crippen MR) is 76.7 cm³/mol. The van der Waals surface area contributed by atoms with Crippen LogP contribution in [0.3, 0.4) is 0 Å². The van der Waals surface area contributed by atoms with Crippen LogP contribution in [0.2, 0.25) is 0 Å². The Kier molecular flexibility index (Phi) is 4.52. The Bertz CT molecular complexity index is 717. The molecule has 0 saturated heterocycles. The van der Waals surface area contributed by atoms with Gasteiger partial charge in [-0.05, 0) is 23.8 Å². The first kappa shape index (κ1) is 15.2. The Labute approximate surface area is 125 Å². The van der Waals surface area contributed by atoms with E-state index >= 15 is 0 Å². The van der Waals surface area contributed by atoms with Crippen LogP contribution in [-0.2, 0) is 6.54 Å². The van der Waals surface area contributed by atoms with Crippen molar-refractivity contribution in [3.05, 3.63) is 57.8 Å². The van der Waals surface area contributed by atoms with Gasteiger partial charge in [-0.15, -0.1) is 0 Å². The number of aromatic hydroxyl groups is 1. The van der Waals surface area contributed by atoms with Crippen molar-refractivity contribution >= 4 is 11.6 Å². The molecule has 2 rings (SSSR count). The van der Waals surface area contributed by atoms with Crippen LogP contribution in [0.5, 0.6) is 11.6 Å². The second kappa shape index (κ2) is 6.53. The molecule has 0 saturated carbocycles. The molecule has 0 bridgehead atoms. The van der Waals surface area contributed by atoms with Crippen LogP contribution in [-0.4, -0.2) is 28.0 Å². The lowest BCUT2D eigenvalue weighted by molar-refractivity contribution is -0.385. The number of carbonyl (C=O) groups excluding carboxylic acids is 1. The molecule has 1 aromatic carbocycles. The molecule has 0 atom stereocenters. The Hall–Kier alpha value is -3.16. The van der Waals surface area contributed by atoms with Crippen LogP contribution in [0.4, 0.5) is 5.69 Å². The number of amides is 1. The number of phenols is 1. The molecule has 0 aliphatic carbocycles. The van der Waals surface area contributed by atoms with E-state index in [1.165, 1.54) is 13.2 Å². The number of methoxy groups -OCH3 is 1. The molecule has 2 aromatic rings. The number of benzene rings is 1. The number of nitrogens with one attached hydrogen (secondary N) is 1. The molecule has 1 heterocycles. The number of ether oxygens (including phenoxy) is 1. The number of hydrogen-bond donors (Lipinski definition) is 2. The van der Waals surface area contributed by atoms with E-state index in [4.69, 9.17) is 4.74 Å². The summed E-state index contributed by atoms with van der Waals surface area (Å²) < 4.78 is 4.98. The van der Waals surface area contributed by atoms with Crippen LogP contribution < -0.4 is 10.1 Å². The molecule has 0 spiro atoms. The largest absolute Gasteiger partial charge is 0.502 e. The highest BCUT2D eigenvalue weighted by atomic mass is 16.6. The summed E-state index contributed by atoms with van der Waals surface area (Å²) in [6.45, 7) is 0.232. The molecule has 1 amide bonds. The maximum atomic E-state index is 12.0. The summed E-state index contributed by atoms with van der Waals surface area (Å²) in [7, 11) is 1.49. The summed E-state index contributed by atoms with van der Waals surface area (Å²) in [4.78, 5) is 25.8. The van der Waals surface area contributed by atoms with Gasteiger partial charge in [0.05, 0.1) is 12.0 Å². The van der Waals surface area contributed by atoms with E-state index in [1.54, 1.807) is 18.3 Å². The SMILES string of the molecule is COc1cc(CNC(=O)c2ccc([N+](=O)[O-])c(O)c2)ccn1. The maximum Gasteiger partial charge on any atom is 0.310 e. The average molecular weight is 303 g/mol. The fourth-order valence-corrected chi connectivity index (χ4v) is 1.78. The van der Waals surface area contributed by atoms with Gasteiger partial charge in [-0.1, -0.05) is 0 Å². The van der Waals surface area contributed by atoms with Crippen LogP contribution in [0, 0.1) is 10.1 Å². The van der Waals surface area contributed by atoms with Gasteiger partial charge in [-0.2, -0.15) is 0 Å². The summed E-state index contributed by atoms with van der Waals surface area (Å²) in [6.07, 6.45) is 1.55. The van der Waals surface area contributed by atoms with E-state index in [0.717, 1.165) is 17.7 Å². The first-order chi connectivity index (χ1) is 10.5. The Balaban J connectivity index is 2.06. The highest BCUT2D eigenvalue weighted by Crippen LogP contribution is 2.26. The topological polar surface area (TPSA) is 115 Å². The molecule has 1 aromatic heterocycles. The zero-order valence-electron chi connectivity index (χ0n) is 11.6. The van der Waals surface area contributed by atoms with Gasteiger partial charge >= 0.3 is 5.69 Å². The molecule has 8 nitrogen and oxygen atoms in total. The standard InChI is InChI=1S/C14H13N3O5/c1-22-13-6-9(4-5-15-13)8-16-14(19)10-2-3-11(17(20)21)12(18)7-10/h2-7,18H,8H2,1H3,(H,16,19). The van der Waals surface area contributed by atoms with E-state index in [1.807, 2.05) is 0 Å². The van der Waals surface area contributed by atoms with Crippen LogP contribution >= 0.6 is 0 Å². The molecule has 22 heavy (non-hydrogen) atoms. The van der Waals surface area contributed by atoms with Gasteiger partial charge in [0.15, 0.2) is 5.75 Å². The molecule has 114 valence electrons. The number of aromatic nitrogens is 1. The third kappa shape index (κ3) is 3.48. The van der Waals surface area contributed by atoms with Crippen molar-refractivity contribution in [3.63, 3.8) is 0 Å². The van der Waals surface area contributed by atoms with Gasteiger partial charge in [0.1, 0.15) is 0 Å². The van der Waals surface area contributed by atoms with E-state index in [0.29, 0.717) is 5.88 Å². The second-order valence-electron chi connectivity index (χ2n) is 4.35. The predicted octanol–water partition coefficient (Wildman–Crippen LogP) is 1.63. The van der Waals surface area contributed by atoms with Crippen LogP contribution in [0.1, 0.15) is 15.9 Å². The summed E-state index contributed by atoms with van der Waals surface area (Å²) in [6, 6.07) is 6.81. The number of rotatable bonds is 5. The number of pyridine rings is 1. The lowest BCUT2D eigenvalue weighted by atomic mass is 10.1. The molecule has 8 heteroatoms. The van der Waals surface area contributed by atoms with Gasteiger partial charge in [0.25, 0.3) is 5.91 Å². The smallest absolute Gasteiger partial charge is 0.310 e. The highest BCUT2D eigenvalue weighted by Gasteiger charge is 2.15. The van der Waals surface area contributed by atoms with Crippen molar-refractivity contribution in [3.8, 4) is 11.6 Å². The molecular weight excluding hydrogens is 290 g/mol. The molecular formula is C14H13N3O5. The van der Waals surface area contributed by atoms with Crippen LogP contribution in [0.25, 0.3) is 0 Å². The van der Waals surface area contributed by atoms with Crippen molar-refractivity contribution in [1.82, 2.24) is 10.3 Å². The van der Waals surface area contributed by atoms with E-state index in [2.05, 4.69) is 10.3 Å². The van der Waals surface area contributed by atoms with Crippen molar-refractivity contribution in [1.29, 1.82) is 0 Å². The van der Waals surface area contributed by atoms with Crippen molar-refractivity contribution < 1.29 is 19.6 Å². The zero-order chi connectivity index (χ0) is 16.1. The lowest BCUT2D eigenvalue weighted by Crippen LogP contribution is -2.22. The number of nitrogens with zero attached hydrogens (tertiary/aromatic N) is 2. The normalized spacial score (nSPS) is 10.0. The lowest BCUT2D eigenvalue weighted by Gasteiger charge is -2.07. The molecule has 0 aliphatic rings. The number of nitro benzene ring substituents is 1. The van der Waals surface area contributed by atoms with Gasteiger partial charge in [0.2, 0.25) is 5.88 Å². The number of hydrogen-bond acceptors (Lipinski definition) is 6. The molecule has 0 unspecified atom stereocenters. The average Bonchev–Trinajstić information content (AvgIpc) is 2.52. The quantitative estimate of drug-likeness (QED) is 0.641. The maximum absolute atomic E-state index is 12.0. The second-order valence-corrected chi connectivity index (χ2v) is 4.35.